The summed E-state index contributed by atoms with van der Waals surface area (Å²) in [6.45, 7) is 3.98. The summed E-state index contributed by atoms with van der Waals surface area (Å²) in [5, 5.41) is -0.283. The summed E-state index contributed by atoms with van der Waals surface area (Å²) in [4.78, 5) is 10.8. The molecule has 0 radical (unpaired) electrons. The SMILES string of the molecule is CCOC(=O)/C=C(\N)C(Cl)CC. The first-order valence-electron chi connectivity index (χ1n) is 3.89. The molecule has 0 amide bonds. The molecule has 1 unspecified atom stereocenters. The average Bonchev–Trinajstić information content (AvgIpc) is 2.03. The molecule has 0 heterocycles. The number of hydrogen-bond donors (Lipinski definition) is 1. The van der Waals surface area contributed by atoms with E-state index in [1.165, 1.54) is 6.08 Å². The number of rotatable bonds is 4. The van der Waals surface area contributed by atoms with Crippen LogP contribution in [0.4, 0.5) is 0 Å². The van der Waals surface area contributed by atoms with Crippen molar-refractivity contribution >= 4 is 17.6 Å². The topological polar surface area (TPSA) is 52.3 Å². The third-order valence-corrected chi connectivity index (χ3v) is 1.85. The van der Waals surface area contributed by atoms with Crippen molar-refractivity contribution in [2.75, 3.05) is 6.61 Å². The number of nitrogens with two attached hydrogens (primary N) is 1. The minimum atomic E-state index is -0.436. The lowest BCUT2D eigenvalue weighted by atomic mass is 10.2. The van der Waals surface area contributed by atoms with Gasteiger partial charge in [-0.25, -0.2) is 4.79 Å². The second kappa shape index (κ2) is 5.89. The van der Waals surface area contributed by atoms with E-state index < -0.39 is 5.97 Å². The Morgan fingerprint density at radius 2 is 2.25 bits per heavy atom. The summed E-state index contributed by atoms with van der Waals surface area (Å²) >= 11 is 5.76. The number of alkyl halides is 1. The molecule has 0 aromatic heterocycles. The van der Waals surface area contributed by atoms with E-state index >= 15 is 0 Å². The maximum atomic E-state index is 10.8. The third kappa shape index (κ3) is 4.23. The van der Waals surface area contributed by atoms with Crippen LogP contribution in [0, 0.1) is 0 Å². The summed E-state index contributed by atoms with van der Waals surface area (Å²) in [6, 6.07) is 0. The number of hydrogen-bond acceptors (Lipinski definition) is 3. The van der Waals surface area contributed by atoms with Crippen LogP contribution in [0.5, 0.6) is 0 Å². The van der Waals surface area contributed by atoms with E-state index in [9.17, 15) is 4.79 Å². The highest BCUT2D eigenvalue weighted by molar-refractivity contribution is 6.22. The van der Waals surface area contributed by atoms with Crippen molar-refractivity contribution in [1.82, 2.24) is 0 Å². The van der Waals surface area contributed by atoms with Gasteiger partial charge in [0.25, 0.3) is 0 Å². The lowest BCUT2D eigenvalue weighted by Crippen LogP contribution is -2.13. The molecule has 1 atom stereocenters. The fourth-order valence-corrected chi connectivity index (χ4v) is 0.709. The zero-order valence-electron chi connectivity index (χ0n) is 7.34. The smallest absolute Gasteiger partial charge is 0.332 e. The van der Waals surface area contributed by atoms with Gasteiger partial charge >= 0.3 is 5.97 Å². The molecular formula is C8H14ClNO2. The molecule has 0 aliphatic carbocycles. The van der Waals surface area contributed by atoms with Gasteiger partial charge < -0.3 is 10.5 Å². The second-order valence-corrected chi connectivity index (χ2v) is 2.80. The number of halogens is 1. The number of carbonyl (C=O) groups excluding carboxylic acids is 1. The standard InChI is InChI=1S/C8H14ClNO2/c1-3-6(9)7(10)5-8(11)12-4-2/h5-6H,3-4,10H2,1-2H3/b7-5-. The van der Waals surface area contributed by atoms with Gasteiger partial charge in [0.2, 0.25) is 0 Å². The first-order chi connectivity index (χ1) is 5.61. The summed E-state index contributed by atoms with van der Waals surface area (Å²) in [5.41, 5.74) is 5.85. The second-order valence-electron chi connectivity index (χ2n) is 2.27. The fraction of sp³-hybridized carbons (Fsp3) is 0.625. The zero-order valence-corrected chi connectivity index (χ0v) is 8.10. The van der Waals surface area contributed by atoms with E-state index in [-0.39, 0.29) is 5.38 Å². The molecular weight excluding hydrogens is 178 g/mol. The number of ether oxygens (including phenoxy) is 1. The molecule has 0 aliphatic rings. The summed E-state index contributed by atoms with van der Waals surface area (Å²) < 4.78 is 4.65. The Hall–Kier alpha value is -0.700. The van der Waals surface area contributed by atoms with Crippen molar-refractivity contribution in [2.45, 2.75) is 25.6 Å². The number of allylic oxidation sites excluding steroid dienone is 1. The summed E-state index contributed by atoms with van der Waals surface area (Å²) in [6.07, 6.45) is 1.92. The maximum Gasteiger partial charge on any atom is 0.332 e. The lowest BCUT2D eigenvalue weighted by Gasteiger charge is -2.05. The van der Waals surface area contributed by atoms with Crippen LogP contribution < -0.4 is 5.73 Å². The first-order valence-corrected chi connectivity index (χ1v) is 4.33. The predicted molar refractivity (Wildman–Crippen MR) is 48.8 cm³/mol. The minimum absolute atomic E-state index is 0.283. The molecule has 0 fully saturated rings. The highest BCUT2D eigenvalue weighted by Gasteiger charge is 2.06. The molecule has 0 aromatic rings. The van der Waals surface area contributed by atoms with Gasteiger partial charge in [0.05, 0.1) is 12.0 Å². The summed E-state index contributed by atoms with van der Waals surface area (Å²) in [7, 11) is 0. The largest absolute Gasteiger partial charge is 0.463 e. The maximum absolute atomic E-state index is 10.8. The monoisotopic (exact) mass is 191 g/mol. The molecule has 4 heteroatoms. The molecule has 0 saturated heterocycles. The first kappa shape index (κ1) is 11.3. The van der Waals surface area contributed by atoms with E-state index in [2.05, 4.69) is 4.74 Å². The van der Waals surface area contributed by atoms with Gasteiger partial charge in [-0.15, -0.1) is 11.6 Å². The quantitative estimate of drug-likeness (QED) is 0.415. The molecule has 0 saturated carbocycles. The van der Waals surface area contributed by atoms with E-state index in [1.807, 2.05) is 6.92 Å². The number of esters is 1. The Morgan fingerprint density at radius 1 is 1.67 bits per heavy atom. The van der Waals surface area contributed by atoms with Crippen LogP contribution in [-0.2, 0) is 9.53 Å². The van der Waals surface area contributed by atoms with Crippen LogP contribution in [0.3, 0.4) is 0 Å². The average molecular weight is 192 g/mol. The Bertz CT molecular complexity index is 180. The Balaban J connectivity index is 4.05. The Kier molecular flexibility index (Phi) is 5.54. The van der Waals surface area contributed by atoms with Gasteiger partial charge in [-0.2, -0.15) is 0 Å². The van der Waals surface area contributed by atoms with Crippen molar-refractivity contribution in [2.24, 2.45) is 5.73 Å². The molecule has 0 spiro atoms. The van der Waals surface area contributed by atoms with Gasteiger partial charge in [0.1, 0.15) is 0 Å². The predicted octanol–water partition coefficient (Wildman–Crippen LogP) is 1.41. The van der Waals surface area contributed by atoms with E-state index in [0.717, 1.165) is 0 Å². The van der Waals surface area contributed by atoms with Crippen LogP contribution in [-0.4, -0.2) is 18.0 Å². The van der Waals surface area contributed by atoms with E-state index in [0.29, 0.717) is 18.7 Å². The highest BCUT2D eigenvalue weighted by Crippen LogP contribution is 2.08. The van der Waals surface area contributed by atoms with Gasteiger partial charge in [-0.05, 0) is 13.3 Å². The van der Waals surface area contributed by atoms with Crippen molar-refractivity contribution in [3.8, 4) is 0 Å². The zero-order chi connectivity index (χ0) is 9.56. The van der Waals surface area contributed by atoms with Crippen LogP contribution in [0.25, 0.3) is 0 Å². The number of carbonyl (C=O) groups is 1. The van der Waals surface area contributed by atoms with Crippen molar-refractivity contribution in [3.63, 3.8) is 0 Å². The van der Waals surface area contributed by atoms with Crippen molar-refractivity contribution in [3.05, 3.63) is 11.8 Å². The van der Waals surface area contributed by atoms with Crippen LogP contribution in [0.1, 0.15) is 20.3 Å². The minimum Gasteiger partial charge on any atom is -0.463 e. The molecule has 12 heavy (non-hydrogen) atoms. The molecule has 70 valence electrons. The van der Waals surface area contributed by atoms with E-state index in [4.69, 9.17) is 17.3 Å². The molecule has 0 aliphatic heterocycles. The van der Waals surface area contributed by atoms with Gasteiger partial charge in [0, 0.05) is 11.8 Å². The molecule has 0 aromatic carbocycles. The molecule has 0 bridgehead atoms. The van der Waals surface area contributed by atoms with Crippen LogP contribution in [0.2, 0.25) is 0 Å². The van der Waals surface area contributed by atoms with Gasteiger partial charge in [0.15, 0.2) is 0 Å². The molecule has 3 nitrogen and oxygen atoms in total. The Labute approximate surface area is 77.5 Å². The van der Waals surface area contributed by atoms with Crippen LogP contribution >= 0.6 is 11.6 Å². The van der Waals surface area contributed by atoms with Crippen molar-refractivity contribution < 1.29 is 9.53 Å². The third-order valence-electron chi connectivity index (χ3n) is 1.29. The lowest BCUT2D eigenvalue weighted by molar-refractivity contribution is -0.137. The summed E-state index contributed by atoms with van der Waals surface area (Å²) in [5.74, 6) is -0.436. The normalized spacial score (nSPS) is 14.1. The van der Waals surface area contributed by atoms with Crippen LogP contribution in [0.15, 0.2) is 11.8 Å². The van der Waals surface area contributed by atoms with Gasteiger partial charge in [-0.3, -0.25) is 0 Å². The van der Waals surface area contributed by atoms with Crippen molar-refractivity contribution in [1.29, 1.82) is 0 Å². The Morgan fingerprint density at radius 3 is 2.67 bits per heavy atom. The molecule has 0 rings (SSSR count). The van der Waals surface area contributed by atoms with Gasteiger partial charge in [-0.1, -0.05) is 6.92 Å². The van der Waals surface area contributed by atoms with E-state index in [1.54, 1.807) is 6.92 Å². The highest BCUT2D eigenvalue weighted by atomic mass is 35.5. The molecule has 2 N–H and O–H groups in total. The fourth-order valence-electron chi connectivity index (χ4n) is 0.646.